The second-order valence-electron chi connectivity index (χ2n) is 3.67. The number of benzene rings is 1. The number of anilines is 1. The van der Waals surface area contributed by atoms with Crippen LogP contribution in [-0.2, 0) is 6.54 Å². The molecule has 4 nitrogen and oxygen atoms in total. The number of nitrogens with zero attached hydrogens (tertiary/aromatic N) is 1. The molecular formula is C12H12N4. The lowest BCUT2D eigenvalue weighted by molar-refractivity contribution is 1.00. The second kappa shape index (κ2) is 3.73. The van der Waals surface area contributed by atoms with Gasteiger partial charge in [-0.05, 0) is 24.3 Å². The van der Waals surface area contributed by atoms with Crippen LogP contribution in [0.25, 0.3) is 10.9 Å². The van der Waals surface area contributed by atoms with Crippen molar-refractivity contribution in [2.24, 2.45) is 0 Å². The van der Waals surface area contributed by atoms with Gasteiger partial charge in [0, 0.05) is 35.2 Å². The normalized spacial score (nSPS) is 10.8. The molecule has 0 spiro atoms. The Kier molecular flexibility index (Phi) is 2.11. The Morgan fingerprint density at radius 1 is 1.12 bits per heavy atom. The number of aromatic amines is 2. The van der Waals surface area contributed by atoms with Gasteiger partial charge in [-0.2, -0.15) is 0 Å². The first kappa shape index (κ1) is 9.03. The minimum Gasteiger partial charge on any atom is -0.378 e. The van der Waals surface area contributed by atoms with E-state index in [-0.39, 0.29) is 0 Å². The lowest BCUT2D eigenvalue weighted by Crippen LogP contribution is -2.00. The lowest BCUT2D eigenvalue weighted by atomic mass is 10.2. The second-order valence-corrected chi connectivity index (χ2v) is 3.67. The molecule has 0 unspecified atom stereocenters. The minimum atomic E-state index is 0.711. The maximum atomic E-state index is 4.16. The number of fused-ring (bicyclic) bond motifs is 1. The zero-order valence-corrected chi connectivity index (χ0v) is 8.70. The average molecular weight is 212 g/mol. The van der Waals surface area contributed by atoms with E-state index in [0.29, 0.717) is 6.54 Å². The summed E-state index contributed by atoms with van der Waals surface area (Å²) in [5.41, 5.74) is 2.26. The van der Waals surface area contributed by atoms with Crippen LogP contribution >= 0.6 is 0 Å². The molecule has 3 N–H and O–H groups in total. The van der Waals surface area contributed by atoms with E-state index in [1.165, 1.54) is 5.39 Å². The average Bonchev–Trinajstić information content (AvgIpc) is 2.97. The monoisotopic (exact) mass is 212 g/mol. The summed E-state index contributed by atoms with van der Waals surface area (Å²) in [7, 11) is 0. The van der Waals surface area contributed by atoms with Gasteiger partial charge in [0.1, 0.15) is 5.82 Å². The van der Waals surface area contributed by atoms with Crippen LogP contribution in [0, 0.1) is 0 Å². The lowest BCUT2D eigenvalue weighted by Gasteiger charge is -2.04. The van der Waals surface area contributed by atoms with E-state index >= 15 is 0 Å². The molecule has 0 radical (unpaired) electrons. The molecule has 0 amide bonds. The first-order valence-corrected chi connectivity index (χ1v) is 5.21. The Hall–Kier alpha value is -2.23. The first-order chi connectivity index (χ1) is 7.92. The van der Waals surface area contributed by atoms with Crippen molar-refractivity contribution in [2.45, 2.75) is 6.54 Å². The van der Waals surface area contributed by atoms with E-state index in [1.807, 2.05) is 12.4 Å². The molecule has 0 saturated heterocycles. The van der Waals surface area contributed by atoms with Crippen LogP contribution in [-0.4, -0.2) is 15.0 Å². The molecule has 2 heterocycles. The highest BCUT2D eigenvalue weighted by atomic mass is 15.0. The molecule has 1 aromatic carbocycles. The predicted molar refractivity (Wildman–Crippen MR) is 64.2 cm³/mol. The SMILES string of the molecule is c1c[nH]c(CNc2ccc3[nH]ccc3c2)n1. The van der Waals surface area contributed by atoms with Gasteiger partial charge in [0.25, 0.3) is 0 Å². The third-order valence-corrected chi connectivity index (χ3v) is 2.57. The summed E-state index contributed by atoms with van der Waals surface area (Å²) in [6.45, 7) is 0.711. The molecule has 3 aromatic rings. The van der Waals surface area contributed by atoms with Crippen molar-refractivity contribution in [3.63, 3.8) is 0 Å². The van der Waals surface area contributed by atoms with Crippen LogP contribution in [0.2, 0.25) is 0 Å². The van der Waals surface area contributed by atoms with Gasteiger partial charge < -0.3 is 15.3 Å². The summed E-state index contributed by atoms with van der Waals surface area (Å²) in [6.07, 6.45) is 5.53. The van der Waals surface area contributed by atoms with Crippen molar-refractivity contribution in [1.82, 2.24) is 15.0 Å². The van der Waals surface area contributed by atoms with Gasteiger partial charge in [0.15, 0.2) is 0 Å². The van der Waals surface area contributed by atoms with E-state index in [1.54, 1.807) is 6.20 Å². The topological polar surface area (TPSA) is 56.5 Å². The van der Waals surface area contributed by atoms with E-state index < -0.39 is 0 Å². The van der Waals surface area contributed by atoms with Crippen LogP contribution in [0.5, 0.6) is 0 Å². The van der Waals surface area contributed by atoms with Gasteiger partial charge in [-0.15, -0.1) is 0 Å². The summed E-state index contributed by atoms with van der Waals surface area (Å²) >= 11 is 0. The van der Waals surface area contributed by atoms with Gasteiger partial charge in [0.2, 0.25) is 0 Å². The highest BCUT2D eigenvalue weighted by Crippen LogP contribution is 2.17. The molecule has 0 aliphatic rings. The van der Waals surface area contributed by atoms with Gasteiger partial charge in [-0.1, -0.05) is 0 Å². The maximum Gasteiger partial charge on any atom is 0.125 e. The zero-order chi connectivity index (χ0) is 10.8. The molecule has 0 saturated carbocycles. The number of H-pyrrole nitrogens is 2. The Balaban J connectivity index is 1.78. The summed E-state index contributed by atoms with van der Waals surface area (Å²) < 4.78 is 0. The Morgan fingerprint density at radius 3 is 3.00 bits per heavy atom. The predicted octanol–water partition coefficient (Wildman–Crippen LogP) is 2.50. The quantitative estimate of drug-likeness (QED) is 0.624. The van der Waals surface area contributed by atoms with E-state index in [4.69, 9.17) is 0 Å². The van der Waals surface area contributed by atoms with Crippen molar-refractivity contribution in [1.29, 1.82) is 0 Å². The Labute approximate surface area is 92.7 Å². The number of rotatable bonds is 3. The van der Waals surface area contributed by atoms with Gasteiger partial charge in [-0.25, -0.2) is 4.98 Å². The molecule has 0 aliphatic heterocycles. The Bertz CT molecular complexity index is 580. The molecule has 3 rings (SSSR count). The molecule has 0 aliphatic carbocycles. The molecule has 16 heavy (non-hydrogen) atoms. The van der Waals surface area contributed by atoms with Crippen molar-refractivity contribution in [3.8, 4) is 0 Å². The van der Waals surface area contributed by atoms with Crippen molar-refractivity contribution in [3.05, 3.63) is 48.7 Å². The van der Waals surface area contributed by atoms with Crippen LogP contribution in [0.1, 0.15) is 5.82 Å². The molecule has 0 atom stereocenters. The van der Waals surface area contributed by atoms with Crippen LogP contribution in [0.4, 0.5) is 5.69 Å². The van der Waals surface area contributed by atoms with Gasteiger partial charge >= 0.3 is 0 Å². The number of imidazole rings is 1. The van der Waals surface area contributed by atoms with Crippen molar-refractivity contribution >= 4 is 16.6 Å². The fourth-order valence-corrected chi connectivity index (χ4v) is 1.74. The highest BCUT2D eigenvalue weighted by molar-refractivity contribution is 5.82. The minimum absolute atomic E-state index is 0.711. The first-order valence-electron chi connectivity index (χ1n) is 5.21. The zero-order valence-electron chi connectivity index (χ0n) is 8.70. The van der Waals surface area contributed by atoms with E-state index in [9.17, 15) is 0 Å². The molecule has 0 bridgehead atoms. The third kappa shape index (κ3) is 1.65. The number of nitrogens with one attached hydrogen (secondary N) is 3. The standard InChI is InChI=1S/C12H12N4/c1-2-11-9(3-4-13-11)7-10(1)16-8-12-14-5-6-15-12/h1-7,13,16H,8H2,(H,14,15). The van der Waals surface area contributed by atoms with Gasteiger partial charge in [-0.3, -0.25) is 0 Å². The Morgan fingerprint density at radius 2 is 2.12 bits per heavy atom. The number of hydrogen-bond donors (Lipinski definition) is 3. The fraction of sp³-hybridized carbons (Fsp3) is 0.0833. The van der Waals surface area contributed by atoms with Crippen LogP contribution in [0.15, 0.2) is 42.9 Å². The van der Waals surface area contributed by atoms with Crippen molar-refractivity contribution in [2.75, 3.05) is 5.32 Å². The molecule has 2 aromatic heterocycles. The smallest absolute Gasteiger partial charge is 0.125 e. The van der Waals surface area contributed by atoms with E-state index in [2.05, 4.69) is 44.5 Å². The molecule has 80 valence electrons. The summed E-state index contributed by atoms with van der Waals surface area (Å²) in [6, 6.07) is 8.31. The summed E-state index contributed by atoms with van der Waals surface area (Å²) in [5, 5.41) is 4.53. The fourth-order valence-electron chi connectivity index (χ4n) is 1.74. The molecule has 4 heteroatoms. The van der Waals surface area contributed by atoms with E-state index in [0.717, 1.165) is 17.0 Å². The van der Waals surface area contributed by atoms with Gasteiger partial charge in [0.05, 0.1) is 6.54 Å². The largest absolute Gasteiger partial charge is 0.378 e. The highest BCUT2D eigenvalue weighted by Gasteiger charge is 1.98. The molecular weight excluding hydrogens is 200 g/mol. The summed E-state index contributed by atoms with van der Waals surface area (Å²) in [4.78, 5) is 10.4. The third-order valence-electron chi connectivity index (χ3n) is 2.57. The molecule has 0 fully saturated rings. The van der Waals surface area contributed by atoms with Crippen molar-refractivity contribution < 1.29 is 0 Å². The number of aromatic nitrogens is 3. The van der Waals surface area contributed by atoms with Crippen LogP contribution < -0.4 is 5.32 Å². The van der Waals surface area contributed by atoms with Crippen LogP contribution in [0.3, 0.4) is 0 Å². The summed E-state index contributed by atoms with van der Waals surface area (Å²) in [5.74, 6) is 0.939. The maximum absolute atomic E-state index is 4.16. The number of hydrogen-bond acceptors (Lipinski definition) is 2.